The van der Waals surface area contributed by atoms with Gasteiger partial charge in [-0.2, -0.15) is 10.5 Å². The van der Waals surface area contributed by atoms with Gasteiger partial charge in [0.05, 0.1) is 36.4 Å². The maximum atomic E-state index is 10.8. The molecule has 9 aromatic rings. The van der Waals surface area contributed by atoms with Gasteiger partial charge in [0.25, 0.3) is 0 Å². The van der Waals surface area contributed by atoms with Crippen LogP contribution in [-0.4, -0.2) is 40.1 Å². The Balaban J connectivity index is 1.16. The second-order valence-corrected chi connectivity index (χ2v) is 13.5. The van der Waals surface area contributed by atoms with E-state index in [1.807, 2.05) is 42.5 Å². The molecule has 0 aliphatic carbocycles. The van der Waals surface area contributed by atoms with Crippen LogP contribution in [-0.2, 0) is 0 Å². The van der Waals surface area contributed by atoms with Crippen LogP contribution < -0.4 is 0 Å². The molecule has 0 atom stereocenters. The number of nitriles is 2. The molecule has 12 heteroatoms. The van der Waals surface area contributed by atoms with Gasteiger partial charge >= 0.3 is 0 Å². The van der Waals surface area contributed by atoms with Crippen molar-refractivity contribution in [1.82, 2.24) is 29.9 Å². The van der Waals surface area contributed by atoms with Gasteiger partial charge < -0.3 is 10.2 Å². The predicted octanol–water partition coefficient (Wildman–Crippen LogP) is 10.6. The van der Waals surface area contributed by atoms with Gasteiger partial charge in [-0.05, 0) is 82.2 Å². The van der Waals surface area contributed by atoms with E-state index in [4.69, 9.17) is 43.0 Å². The summed E-state index contributed by atoms with van der Waals surface area (Å²) in [5, 5.41) is 43.7. The first-order valence-electron chi connectivity index (χ1n) is 18.2. The normalized spacial score (nSPS) is 10.7. The molecular formula is C48H24N10O2. The fourth-order valence-corrected chi connectivity index (χ4v) is 6.90. The van der Waals surface area contributed by atoms with Crippen molar-refractivity contribution in [3.8, 4) is 92.0 Å². The molecular weight excluding hydrogens is 749 g/mol. The molecule has 0 aliphatic heterocycles. The Morgan fingerprint density at radius 2 is 0.917 bits per heavy atom. The lowest BCUT2D eigenvalue weighted by Gasteiger charge is -2.12. The van der Waals surface area contributed by atoms with E-state index in [1.54, 1.807) is 91.0 Å². The molecule has 60 heavy (non-hydrogen) atoms. The number of hydrogen-bond donors (Lipinski definition) is 2. The summed E-state index contributed by atoms with van der Waals surface area (Å²) >= 11 is 0. The van der Waals surface area contributed by atoms with Gasteiger partial charge in [-0.25, -0.2) is 39.6 Å². The zero-order valence-electron chi connectivity index (χ0n) is 31.1. The van der Waals surface area contributed by atoms with Crippen LogP contribution in [0, 0.1) is 35.8 Å². The smallest absolute Gasteiger partial charge is 0.196 e. The molecule has 12 nitrogen and oxygen atoms in total. The lowest BCUT2D eigenvalue weighted by molar-refractivity contribution is 0.476. The Bertz CT molecular complexity index is 3180. The fraction of sp³-hybridized carbons (Fsp3) is 0. The number of aromatic hydroxyl groups is 2. The number of fused-ring (bicyclic) bond motifs is 2. The second kappa shape index (κ2) is 14.9. The maximum Gasteiger partial charge on any atom is 0.196 e. The van der Waals surface area contributed by atoms with E-state index in [-0.39, 0.29) is 23.1 Å². The Kier molecular flexibility index (Phi) is 9.04. The minimum Gasteiger partial charge on any atom is -0.507 e. The molecule has 0 radical (unpaired) electrons. The molecule has 278 valence electrons. The van der Waals surface area contributed by atoms with Gasteiger partial charge in [0.2, 0.25) is 0 Å². The van der Waals surface area contributed by atoms with Crippen LogP contribution in [0.1, 0.15) is 11.1 Å². The van der Waals surface area contributed by atoms with Crippen molar-refractivity contribution in [1.29, 1.82) is 10.5 Å². The summed E-state index contributed by atoms with van der Waals surface area (Å²) < 4.78 is 0. The van der Waals surface area contributed by atoms with Gasteiger partial charge in [-0.1, -0.05) is 72.8 Å². The van der Waals surface area contributed by atoms with Gasteiger partial charge in [0.1, 0.15) is 11.5 Å². The molecule has 0 unspecified atom stereocenters. The SMILES string of the molecule is [C-]#[N+]c1cc(C#N)c2ccc(-c3nc(-c4ccc(-c5nc(-c6ccc7c([N+]#[C-])cc(C#N)cc7c6)nc(-c6ccccc6O)n5)cc4)nc(-c4ccccc4O)n3)cc2c1. The minimum atomic E-state index is -0.00976. The Morgan fingerprint density at radius 1 is 0.450 bits per heavy atom. The van der Waals surface area contributed by atoms with Gasteiger partial charge in [-0.3, -0.25) is 0 Å². The van der Waals surface area contributed by atoms with Crippen LogP contribution in [0.3, 0.4) is 0 Å². The number of phenols is 2. The Hall–Kier alpha value is -9.36. The summed E-state index contributed by atoms with van der Waals surface area (Å²) in [6.07, 6.45) is 0. The molecule has 9 rings (SSSR count). The van der Waals surface area contributed by atoms with Crippen molar-refractivity contribution in [2.24, 2.45) is 0 Å². The van der Waals surface area contributed by atoms with E-state index in [1.165, 1.54) is 0 Å². The molecule has 0 spiro atoms. The molecule has 0 saturated carbocycles. The molecule has 2 aromatic heterocycles. The number of benzene rings is 7. The van der Waals surface area contributed by atoms with Crippen LogP contribution in [0.5, 0.6) is 11.5 Å². The van der Waals surface area contributed by atoms with E-state index in [0.29, 0.717) is 101 Å². The zero-order chi connectivity index (χ0) is 41.3. The topological polar surface area (TPSA) is 174 Å². The van der Waals surface area contributed by atoms with Crippen molar-refractivity contribution in [2.75, 3.05) is 0 Å². The summed E-state index contributed by atoms with van der Waals surface area (Å²) in [7, 11) is 0. The first-order valence-corrected chi connectivity index (χ1v) is 18.2. The predicted molar refractivity (Wildman–Crippen MR) is 226 cm³/mol. The summed E-state index contributed by atoms with van der Waals surface area (Å²) in [5.74, 6) is 1.71. The average molecular weight is 773 g/mol. The first-order chi connectivity index (χ1) is 29.3. The van der Waals surface area contributed by atoms with Crippen molar-refractivity contribution >= 4 is 32.9 Å². The highest BCUT2D eigenvalue weighted by atomic mass is 16.3. The number of para-hydroxylation sites is 2. The maximum absolute atomic E-state index is 10.8. The van der Waals surface area contributed by atoms with Crippen molar-refractivity contribution in [2.45, 2.75) is 0 Å². The summed E-state index contributed by atoms with van der Waals surface area (Å²) in [5.41, 5.74) is 4.71. The minimum absolute atomic E-state index is 0.00976. The molecule has 0 aliphatic rings. The summed E-state index contributed by atoms with van der Waals surface area (Å²) in [4.78, 5) is 35.9. The monoisotopic (exact) mass is 772 g/mol. The van der Waals surface area contributed by atoms with Crippen LogP contribution in [0.15, 0.2) is 133 Å². The van der Waals surface area contributed by atoms with Crippen molar-refractivity contribution in [3.05, 3.63) is 167 Å². The third-order valence-corrected chi connectivity index (χ3v) is 9.85. The largest absolute Gasteiger partial charge is 0.507 e. The number of nitrogens with zero attached hydrogens (tertiary/aromatic N) is 10. The number of phenolic OH excluding ortho intramolecular Hbond substituents is 2. The average Bonchev–Trinajstić information content (AvgIpc) is 3.30. The van der Waals surface area contributed by atoms with E-state index in [0.717, 1.165) is 0 Å². The number of aromatic nitrogens is 6. The van der Waals surface area contributed by atoms with E-state index >= 15 is 0 Å². The highest BCUT2D eigenvalue weighted by Gasteiger charge is 2.18. The zero-order valence-corrected chi connectivity index (χ0v) is 31.1. The number of hydrogen-bond acceptors (Lipinski definition) is 10. The lowest BCUT2D eigenvalue weighted by Crippen LogP contribution is -2.01. The summed E-state index contributed by atoms with van der Waals surface area (Å²) in [6, 6.07) is 42.5. The molecule has 7 aromatic carbocycles. The van der Waals surface area contributed by atoms with E-state index in [9.17, 15) is 20.7 Å². The van der Waals surface area contributed by atoms with Crippen LogP contribution in [0.4, 0.5) is 11.4 Å². The van der Waals surface area contributed by atoms with Crippen molar-refractivity contribution < 1.29 is 10.2 Å². The second-order valence-electron chi connectivity index (χ2n) is 13.5. The van der Waals surface area contributed by atoms with Gasteiger partial charge in [-0.15, -0.1) is 0 Å². The summed E-state index contributed by atoms with van der Waals surface area (Å²) in [6.45, 7) is 15.2. The van der Waals surface area contributed by atoms with E-state index < -0.39 is 0 Å². The third kappa shape index (κ3) is 6.67. The molecule has 0 saturated heterocycles. The molecule has 0 fully saturated rings. The Labute approximate surface area is 341 Å². The van der Waals surface area contributed by atoms with Gasteiger partial charge in [0, 0.05) is 33.4 Å². The molecule has 2 heterocycles. The quantitative estimate of drug-likeness (QED) is 0.155. The third-order valence-electron chi connectivity index (χ3n) is 9.85. The highest BCUT2D eigenvalue weighted by Crippen LogP contribution is 2.36. The fourth-order valence-electron chi connectivity index (χ4n) is 6.90. The first kappa shape index (κ1) is 36.3. The number of rotatable bonds is 6. The molecule has 0 bridgehead atoms. The van der Waals surface area contributed by atoms with Gasteiger partial charge in [0.15, 0.2) is 46.3 Å². The van der Waals surface area contributed by atoms with Crippen LogP contribution in [0.2, 0.25) is 0 Å². The lowest BCUT2D eigenvalue weighted by atomic mass is 10.0. The van der Waals surface area contributed by atoms with Crippen LogP contribution >= 0.6 is 0 Å². The standard InChI is InChI=1S/C48H24N10O2/c1-51-35-23-33-22-30(15-17-36(33)34(24-35)26-50)45-53-43(55-47(57-45)38-7-3-5-9-41(38)59)28-11-13-29(14-12-28)44-54-46(58-48(56-44)39-8-4-6-10-42(39)60)31-16-18-37-32(21-31)19-27(25-49)20-40(37)52-2/h3-24,59-60H. The molecule has 2 N–H and O–H groups in total. The van der Waals surface area contributed by atoms with Crippen molar-refractivity contribution in [3.63, 3.8) is 0 Å². The molecule has 0 amide bonds. The van der Waals surface area contributed by atoms with Crippen LogP contribution in [0.25, 0.3) is 99.6 Å². The van der Waals surface area contributed by atoms with E-state index in [2.05, 4.69) is 21.8 Å². The Morgan fingerprint density at radius 3 is 1.40 bits per heavy atom. The highest BCUT2D eigenvalue weighted by molar-refractivity contribution is 5.98.